The normalized spacial score (nSPS) is 13.1. The molecule has 1 aromatic heterocycles. The van der Waals surface area contributed by atoms with Crippen LogP contribution in [0.2, 0.25) is 0 Å². The lowest BCUT2D eigenvalue weighted by atomic mass is 10.2. The van der Waals surface area contributed by atoms with Gasteiger partial charge in [0.15, 0.2) is 0 Å². The van der Waals surface area contributed by atoms with Crippen LogP contribution in [0, 0.1) is 0 Å². The molecule has 0 aliphatic carbocycles. The number of aliphatic hydroxyl groups excluding tert-OH is 1. The number of nitrogens with two attached hydrogens (primary N) is 1. The average molecular weight is 233 g/mol. The van der Waals surface area contributed by atoms with Gasteiger partial charge in [0.1, 0.15) is 5.82 Å². The molecular formula is C13H19N3O. The Bertz CT molecular complexity index is 519. The average Bonchev–Trinajstić information content (AvgIpc) is 2.66. The summed E-state index contributed by atoms with van der Waals surface area (Å²) in [6, 6.07) is 6.05. The van der Waals surface area contributed by atoms with E-state index in [4.69, 9.17) is 10.8 Å². The fourth-order valence-electron chi connectivity index (χ4n) is 2.22. The third-order valence-corrected chi connectivity index (χ3v) is 3.09. The van der Waals surface area contributed by atoms with Crippen LogP contribution >= 0.6 is 0 Å². The molecule has 1 unspecified atom stereocenters. The van der Waals surface area contributed by atoms with Crippen LogP contribution < -0.4 is 5.73 Å². The molecule has 3 N–H and O–H groups in total. The van der Waals surface area contributed by atoms with Gasteiger partial charge in [0, 0.05) is 24.8 Å². The fourth-order valence-corrected chi connectivity index (χ4v) is 2.22. The second-order valence-corrected chi connectivity index (χ2v) is 4.36. The molecule has 4 nitrogen and oxygen atoms in total. The number of nitrogen functional groups attached to an aromatic ring is 1. The van der Waals surface area contributed by atoms with Gasteiger partial charge in [-0.25, -0.2) is 4.98 Å². The summed E-state index contributed by atoms with van der Waals surface area (Å²) in [7, 11) is 0. The van der Waals surface area contributed by atoms with E-state index in [1.54, 1.807) is 0 Å². The van der Waals surface area contributed by atoms with Gasteiger partial charge < -0.3 is 15.4 Å². The maximum absolute atomic E-state index is 9.06. The lowest BCUT2D eigenvalue weighted by molar-refractivity contribution is 0.263. The van der Waals surface area contributed by atoms with E-state index in [0.29, 0.717) is 0 Å². The quantitative estimate of drug-likeness (QED) is 0.795. The number of benzene rings is 1. The maximum Gasteiger partial charge on any atom is 0.109 e. The number of aromatic nitrogens is 2. The van der Waals surface area contributed by atoms with Gasteiger partial charge in [0.05, 0.1) is 11.0 Å². The van der Waals surface area contributed by atoms with E-state index in [0.717, 1.165) is 35.4 Å². The molecular weight excluding hydrogens is 214 g/mol. The smallest absolute Gasteiger partial charge is 0.109 e. The highest BCUT2D eigenvalue weighted by molar-refractivity contribution is 5.79. The summed E-state index contributed by atoms with van der Waals surface area (Å²) < 4.78 is 2.20. The van der Waals surface area contributed by atoms with E-state index in [2.05, 4.69) is 23.4 Å². The highest BCUT2D eigenvalue weighted by Crippen LogP contribution is 2.24. The zero-order valence-corrected chi connectivity index (χ0v) is 10.3. The standard InChI is InChI=1S/C13H19N3O/c1-3-13-15-11-8-10(14)4-5-12(11)16(13)9(2)6-7-17/h4-5,8-9,17H,3,6-7,14H2,1-2H3. The Labute approximate surface area is 101 Å². The number of nitrogens with zero attached hydrogens (tertiary/aromatic N) is 2. The maximum atomic E-state index is 9.06. The fraction of sp³-hybridized carbons (Fsp3) is 0.462. The van der Waals surface area contributed by atoms with Crippen molar-refractivity contribution in [1.29, 1.82) is 0 Å². The van der Waals surface area contributed by atoms with Crippen LogP contribution in [0.1, 0.15) is 32.1 Å². The van der Waals surface area contributed by atoms with Crippen LogP contribution in [0.25, 0.3) is 11.0 Å². The molecule has 1 aromatic carbocycles. The van der Waals surface area contributed by atoms with E-state index in [1.807, 2.05) is 18.2 Å². The lowest BCUT2D eigenvalue weighted by Crippen LogP contribution is -2.10. The van der Waals surface area contributed by atoms with Crippen LogP contribution in [0.4, 0.5) is 5.69 Å². The second-order valence-electron chi connectivity index (χ2n) is 4.36. The van der Waals surface area contributed by atoms with Gasteiger partial charge in [-0.15, -0.1) is 0 Å². The molecule has 2 aromatic rings. The topological polar surface area (TPSA) is 64.1 Å². The zero-order valence-electron chi connectivity index (χ0n) is 10.3. The largest absolute Gasteiger partial charge is 0.399 e. The summed E-state index contributed by atoms with van der Waals surface area (Å²) in [5.74, 6) is 1.05. The Kier molecular flexibility index (Phi) is 3.33. The third-order valence-electron chi connectivity index (χ3n) is 3.09. The van der Waals surface area contributed by atoms with E-state index in [1.165, 1.54) is 0 Å². The molecule has 0 saturated heterocycles. The third kappa shape index (κ3) is 2.13. The van der Waals surface area contributed by atoms with Crippen molar-refractivity contribution < 1.29 is 5.11 Å². The van der Waals surface area contributed by atoms with Crippen LogP contribution in [0.3, 0.4) is 0 Å². The lowest BCUT2D eigenvalue weighted by Gasteiger charge is -2.16. The Morgan fingerprint density at radius 3 is 2.88 bits per heavy atom. The monoisotopic (exact) mass is 233 g/mol. The van der Waals surface area contributed by atoms with Crippen molar-refractivity contribution in [3.05, 3.63) is 24.0 Å². The first-order chi connectivity index (χ1) is 8.17. The van der Waals surface area contributed by atoms with Gasteiger partial charge in [0.2, 0.25) is 0 Å². The number of imidazole rings is 1. The minimum Gasteiger partial charge on any atom is -0.399 e. The van der Waals surface area contributed by atoms with Crippen LogP contribution in [-0.4, -0.2) is 21.3 Å². The molecule has 0 aliphatic rings. The molecule has 1 atom stereocenters. The molecule has 92 valence electrons. The van der Waals surface area contributed by atoms with Crippen molar-refractivity contribution in [3.8, 4) is 0 Å². The van der Waals surface area contributed by atoms with Crippen molar-refractivity contribution in [1.82, 2.24) is 9.55 Å². The molecule has 0 amide bonds. The minimum absolute atomic E-state index is 0.193. The van der Waals surface area contributed by atoms with Crippen LogP contribution in [0.5, 0.6) is 0 Å². The SMILES string of the molecule is CCc1nc2cc(N)ccc2n1C(C)CCO. The number of rotatable bonds is 4. The molecule has 4 heteroatoms. The first-order valence-corrected chi connectivity index (χ1v) is 6.04. The summed E-state index contributed by atoms with van der Waals surface area (Å²) in [5.41, 5.74) is 8.54. The number of hydrogen-bond acceptors (Lipinski definition) is 3. The summed E-state index contributed by atoms with van der Waals surface area (Å²) in [4.78, 5) is 4.60. The molecule has 0 spiro atoms. The van der Waals surface area contributed by atoms with Gasteiger partial charge in [-0.2, -0.15) is 0 Å². The second kappa shape index (κ2) is 4.75. The summed E-state index contributed by atoms with van der Waals surface area (Å²) in [6.07, 6.45) is 1.62. The summed E-state index contributed by atoms with van der Waals surface area (Å²) in [5, 5.41) is 9.06. The van der Waals surface area contributed by atoms with E-state index in [9.17, 15) is 0 Å². The molecule has 0 aliphatic heterocycles. The van der Waals surface area contributed by atoms with Crippen molar-refractivity contribution in [2.45, 2.75) is 32.7 Å². The number of aryl methyl sites for hydroxylation is 1. The van der Waals surface area contributed by atoms with Gasteiger partial charge in [0.25, 0.3) is 0 Å². The highest BCUT2D eigenvalue weighted by Gasteiger charge is 2.14. The molecule has 0 fully saturated rings. The Balaban J connectivity index is 2.58. The number of aliphatic hydroxyl groups is 1. The summed E-state index contributed by atoms with van der Waals surface area (Å²) >= 11 is 0. The predicted octanol–water partition coefficient (Wildman–Crippen LogP) is 2.12. The van der Waals surface area contributed by atoms with Gasteiger partial charge in [-0.05, 0) is 31.5 Å². The highest BCUT2D eigenvalue weighted by atomic mass is 16.3. The van der Waals surface area contributed by atoms with Crippen molar-refractivity contribution in [2.24, 2.45) is 0 Å². The van der Waals surface area contributed by atoms with Crippen LogP contribution in [-0.2, 0) is 6.42 Å². The first kappa shape index (κ1) is 11.9. The summed E-state index contributed by atoms with van der Waals surface area (Å²) in [6.45, 7) is 4.39. The Morgan fingerprint density at radius 2 is 2.24 bits per heavy atom. The van der Waals surface area contributed by atoms with Crippen molar-refractivity contribution >= 4 is 16.7 Å². The number of hydrogen-bond donors (Lipinski definition) is 2. The molecule has 0 bridgehead atoms. The van der Waals surface area contributed by atoms with Gasteiger partial charge >= 0.3 is 0 Å². The van der Waals surface area contributed by atoms with Crippen LogP contribution in [0.15, 0.2) is 18.2 Å². The van der Waals surface area contributed by atoms with E-state index < -0.39 is 0 Å². The molecule has 0 radical (unpaired) electrons. The van der Waals surface area contributed by atoms with Crippen molar-refractivity contribution in [3.63, 3.8) is 0 Å². The van der Waals surface area contributed by atoms with Gasteiger partial charge in [-0.1, -0.05) is 6.92 Å². The minimum atomic E-state index is 0.193. The van der Waals surface area contributed by atoms with Crippen molar-refractivity contribution in [2.75, 3.05) is 12.3 Å². The number of fused-ring (bicyclic) bond motifs is 1. The Morgan fingerprint density at radius 1 is 1.47 bits per heavy atom. The number of anilines is 1. The predicted molar refractivity (Wildman–Crippen MR) is 69.9 cm³/mol. The first-order valence-electron chi connectivity index (χ1n) is 6.04. The molecule has 0 saturated carbocycles. The van der Waals surface area contributed by atoms with Gasteiger partial charge in [-0.3, -0.25) is 0 Å². The molecule has 17 heavy (non-hydrogen) atoms. The van der Waals surface area contributed by atoms with E-state index in [-0.39, 0.29) is 12.6 Å². The van der Waals surface area contributed by atoms with E-state index >= 15 is 0 Å². The molecule has 2 rings (SSSR count). The molecule has 1 heterocycles. The zero-order chi connectivity index (χ0) is 12.4. The Hall–Kier alpha value is -1.55.